The standard InChI is InChI=1S/C18H14BrNO3/c1-22-14-8-7-13-15(16(14)19)17-18(23-13)12(21)9-11(20-17)10-5-3-2-4-6-10/h2-8,11,20H,9H2,1H3. The summed E-state index contributed by atoms with van der Waals surface area (Å²) in [5.41, 5.74) is 2.48. The minimum atomic E-state index is -0.0601. The molecule has 2 heterocycles. The van der Waals surface area contributed by atoms with Gasteiger partial charge in [0.1, 0.15) is 11.3 Å². The van der Waals surface area contributed by atoms with Crippen LogP contribution in [0.4, 0.5) is 5.69 Å². The summed E-state index contributed by atoms with van der Waals surface area (Å²) in [5.74, 6) is 1.10. The number of methoxy groups -OCH3 is 1. The first-order chi connectivity index (χ1) is 11.2. The van der Waals surface area contributed by atoms with Gasteiger partial charge in [0.05, 0.1) is 28.7 Å². The van der Waals surface area contributed by atoms with Gasteiger partial charge < -0.3 is 14.5 Å². The molecule has 1 atom stereocenters. The van der Waals surface area contributed by atoms with Crippen molar-refractivity contribution in [2.75, 3.05) is 12.4 Å². The summed E-state index contributed by atoms with van der Waals surface area (Å²) in [5, 5.41) is 4.30. The number of anilines is 1. The van der Waals surface area contributed by atoms with Crippen molar-refractivity contribution in [2.45, 2.75) is 12.5 Å². The van der Waals surface area contributed by atoms with Gasteiger partial charge in [0.25, 0.3) is 0 Å². The number of rotatable bonds is 2. The average molecular weight is 372 g/mol. The van der Waals surface area contributed by atoms with Gasteiger partial charge in [-0.2, -0.15) is 0 Å². The molecule has 0 saturated heterocycles. The van der Waals surface area contributed by atoms with E-state index in [1.165, 1.54) is 0 Å². The maximum atomic E-state index is 12.5. The molecule has 1 aromatic heterocycles. The largest absolute Gasteiger partial charge is 0.496 e. The quantitative estimate of drug-likeness (QED) is 0.692. The molecule has 116 valence electrons. The lowest BCUT2D eigenvalue weighted by Gasteiger charge is -2.23. The number of ketones is 1. The van der Waals surface area contributed by atoms with Crippen LogP contribution in [0.1, 0.15) is 28.6 Å². The molecule has 1 unspecified atom stereocenters. The SMILES string of the molecule is COc1ccc2oc3c(c2c1Br)NC(c1ccccc1)CC3=O. The fourth-order valence-corrected chi connectivity index (χ4v) is 3.70. The number of fused-ring (bicyclic) bond motifs is 3. The van der Waals surface area contributed by atoms with Crippen LogP contribution in [0, 0.1) is 0 Å². The second kappa shape index (κ2) is 5.42. The fraction of sp³-hybridized carbons (Fsp3) is 0.167. The second-order valence-electron chi connectivity index (χ2n) is 5.50. The van der Waals surface area contributed by atoms with Gasteiger partial charge in [-0.25, -0.2) is 0 Å². The molecule has 0 aliphatic carbocycles. The maximum absolute atomic E-state index is 12.5. The Kier molecular flexibility index (Phi) is 3.38. The maximum Gasteiger partial charge on any atom is 0.202 e. The van der Waals surface area contributed by atoms with E-state index in [2.05, 4.69) is 21.2 Å². The molecule has 3 aromatic rings. The highest BCUT2D eigenvalue weighted by Crippen LogP contribution is 2.45. The molecule has 5 heteroatoms. The summed E-state index contributed by atoms with van der Waals surface area (Å²) in [6.07, 6.45) is 0.381. The van der Waals surface area contributed by atoms with E-state index in [-0.39, 0.29) is 11.8 Å². The van der Waals surface area contributed by atoms with Crippen molar-refractivity contribution in [3.8, 4) is 5.75 Å². The van der Waals surface area contributed by atoms with Gasteiger partial charge in [-0.05, 0) is 33.6 Å². The Bertz CT molecular complexity index is 902. The highest BCUT2D eigenvalue weighted by molar-refractivity contribution is 9.10. The van der Waals surface area contributed by atoms with Crippen molar-refractivity contribution in [1.82, 2.24) is 0 Å². The molecular weight excluding hydrogens is 358 g/mol. The second-order valence-corrected chi connectivity index (χ2v) is 6.29. The van der Waals surface area contributed by atoms with Crippen molar-refractivity contribution in [3.63, 3.8) is 0 Å². The minimum Gasteiger partial charge on any atom is -0.496 e. The zero-order valence-electron chi connectivity index (χ0n) is 12.4. The Morgan fingerprint density at radius 1 is 1.22 bits per heavy atom. The van der Waals surface area contributed by atoms with Crippen LogP contribution in [0.3, 0.4) is 0 Å². The summed E-state index contributed by atoms with van der Waals surface area (Å²) in [6.45, 7) is 0. The Morgan fingerprint density at radius 2 is 2.00 bits per heavy atom. The molecule has 0 radical (unpaired) electrons. The number of carbonyl (C=O) groups excluding carboxylic acids is 1. The first kappa shape index (κ1) is 14.3. The van der Waals surface area contributed by atoms with Gasteiger partial charge >= 0.3 is 0 Å². The van der Waals surface area contributed by atoms with E-state index < -0.39 is 0 Å². The van der Waals surface area contributed by atoms with Crippen molar-refractivity contribution in [3.05, 3.63) is 58.3 Å². The fourth-order valence-electron chi connectivity index (χ4n) is 3.01. The van der Waals surface area contributed by atoms with Crippen LogP contribution in [0.25, 0.3) is 11.0 Å². The van der Waals surface area contributed by atoms with Gasteiger partial charge in [0.2, 0.25) is 5.78 Å². The average Bonchev–Trinajstić information content (AvgIpc) is 2.96. The summed E-state index contributed by atoms with van der Waals surface area (Å²) in [7, 11) is 1.61. The Balaban J connectivity index is 1.88. The van der Waals surface area contributed by atoms with E-state index in [1.807, 2.05) is 42.5 Å². The third-order valence-electron chi connectivity index (χ3n) is 4.14. The number of furan rings is 1. The van der Waals surface area contributed by atoms with Crippen LogP contribution < -0.4 is 10.1 Å². The zero-order chi connectivity index (χ0) is 16.0. The smallest absolute Gasteiger partial charge is 0.202 e. The number of nitrogens with one attached hydrogen (secondary N) is 1. The lowest BCUT2D eigenvalue weighted by atomic mass is 9.95. The number of halogens is 1. The van der Waals surface area contributed by atoms with Gasteiger partial charge in [-0.1, -0.05) is 30.3 Å². The lowest BCUT2D eigenvalue weighted by molar-refractivity contribution is 0.0946. The van der Waals surface area contributed by atoms with Crippen LogP contribution in [0.5, 0.6) is 5.75 Å². The molecule has 0 bridgehead atoms. The van der Waals surface area contributed by atoms with Crippen LogP contribution in [-0.4, -0.2) is 12.9 Å². The van der Waals surface area contributed by atoms with Crippen LogP contribution >= 0.6 is 15.9 Å². The summed E-state index contributed by atoms with van der Waals surface area (Å²) in [4.78, 5) is 12.5. The van der Waals surface area contributed by atoms with E-state index in [0.717, 1.165) is 21.1 Å². The van der Waals surface area contributed by atoms with Crippen LogP contribution in [-0.2, 0) is 0 Å². The third kappa shape index (κ3) is 2.23. The lowest BCUT2D eigenvalue weighted by Crippen LogP contribution is -2.21. The Labute approximate surface area is 141 Å². The van der Waals surface area contributed by atoms with Crippen molar-refractivity contribution < 1.29 is 13.9 Å². The van der Waals surface area contributed by atoms with Crippen molar-refractivity contribution >= 4 is 38.4 Å². The van der Waals surface area contributed by atoms with Crippen LogP contribution in [0.2, 0.25) is 0 Å². The molecule has 0 amide bonds. The summed E-state index contributed by atoms with van der Waals surface area (Å²) < 4.78 is 11.9. The van der Waals surface area contributed by atoms with E-state index in [4.69, 9.17) is 9.15 Å². The predicted octanol–water partition coefficient (Wildman–Crippen LogP) is 4.94. The topological polar surface area (TPSA) is 51.5 Å². The number of carbonyl (C=O) groups is 1. The minimum absolute atomic E-state index is 0.00895. The van der Waals surface area contributed by atoms with E-state index in [0.29, 0.717) is 23.5 Å². The van der Waals surface area contributed by atoms with Gasteiger partial charge in [-0.3, -0.25) is 4.79 Å². The molecular formula is C18H14BrNO3. The van der Waals surface area contributed by atoms with Crippen molar-refractivity contribution in [2.24, 2.45) is 0 Å². The van der Waals surface area contributed by atoms with Crippen molar-refractivity contribution in [1.29, 1.82) is 0 Å². The monoisotopic (exact) mass is 371 g/mol. The molecule has 4 nitrogen and oxygen atoms in total. The van der Waals surface area contributed by atoms with Gasteiger partial charge in [0, 0.05) is 6.42 Å². The normalized spacial score (nSPS) is 17.0. The molecule has 4 rings (SSSR count). The highest BCUT2D eigenvalue weighted by Gasteiger charge is 2.32. The predicted molar refractivity (Wildman–Crippen MR) is 92.2 cm³/mol. The Hall–Kier alpha value is -2.27. The molecule has 1 aliphatic rings. The molecule has 0 saturated carbocycles. The van der Waals surface area contributed by atoms with E-state index in [1.54, 1.807) is 7.11 Å². The molecule has 1 N–H and O–H groups in total. The summed E-state index contributed by atoms with van der Waals surface area (Å²) >= 11 is 3.56. The first-order valence-corrected chi connectivity index (χ1v) is 8.12. The number of hydrogen-bond acceptors (Lipinski definition) is 4. The molecule has 2 aromatic carbocycles. The zero-order valence-corrected chi connectivity index (χ0v) is 14.0. The van der Waals surface area contributed by atoms with Gasteiger partial charge in [0.15, 0.2) is 5.76 Å². The van der Waals surface area contributed by atoms with E-state index in [9.17, 15) is 4.79 Å². The third-order valence-corrected chi connectivity index (χ3v) is 4.93. The van der Waals surface area contributed by atoms with Crippen LogP contribution in [0.15, 0.2) is 51.4 Å². The number of benzene rings is 2. The number of Topliss-reactive ketones (excluding diaryl/α,β-unsaturated/α-hetero) is 1. The number of hydrogen-bond donors (Lipinski definition) is 1. The first-order valence-electron chi connectivity index (χ1n) is 7.32. The highest BCUT2D eigenvalue weighted by atomic mass is 79.9. The molecule has 0 fully saturated rings. The molecule has 0 spiro atoms. The van der Waals surface area contributed by atoms with Gasteiger partial charge in [-0.15, -0.1) is 0 Å². The summed E-state index contributed by atoms with van der Waals surface area (Å²) in [6, 6.07) is 13.5. The number of ether oxygens (including phenoxy) is 1. The Morgan fingerprint density at radius 3 is 2.74 bits per heavy atom. The van der Waals surface area contributed by atoms with E-state index >= 15 is 0 Å². The molecule has 1 aliphatic heterocycles. The molecule has 23 heavy (non-hydrogen) atoms.